The molecule has 0 aromatic heterocycles. The van der Waals surface area contributed by atoms with E-state index in [1.165, 1.54) is 6.42 Å². The van der Waals surface area contributed by atoms with Gasteiger partial charge >= 0.3 is 0 Å². The summed E-state index contributed by atoms with van der Waals surface area (Å²) < 4.78 is 0. The van der Waals surface area contributed by atoms with Crippen molar-refractivity contribution in [2.45, 2.75) is 63.5 Å². The lowest BCUT2D eigenvalue weighted by Gasteiger charge is -2.40. The lowest BCUT2D eigenvalue weighted by atomic mass is 9.80. The number of rotatable bonds is 4. The van der Waals surface area contributed by atoms with Crippen molar-refractivity contribution >= 4 is 23.6 Å². The van der Waals surface area contributed by atoms with Crippen LogP contribution in [0.5, 0.6) is 0 Å². The number of hydrogen-bond acceptors (Lipinski definition) is 3. The second-order valence-corrected chi connectivity index (χ2v) is 6.87. The Kier molecular flexibility index (Phi) is 5.35. The molecule has 1 unspecified atom stereocenters. The summed E-state index contributed by atoms with van der Waals surface area (Å²) in [6, 6.07) is 0.254. The third kappa shape index (κ3) is 3.13. The van der Waals surface area contributed by atoms with E-state index < -0.39 is 5.54 Å². The Balaban J connectivity index is 2.24. The Bertz CT molecular complexity index is 367. The van der Waals surface area contributed by atoms with E-state index >= 15 is 0 Å². The summed E-state index contributed by atoms with van der Waals surface area (Å²) in [5.74, 6) is 1.16. The van der Waals surface area contributed by atoms with Crippen LogP contribution in [-0.4, -0.2) is 46.8 Å². The van der Waals surface area contributed by atoms with Gasteiger partial charge in [-0.3, -0.25) is 9.59 Å². The second kappa shape index (κ2) is 6.83. The molecule has 2 amide bonds. The van der Waals surface area contributed by atoms with Gasteiger partial charge in [0.25, 0.3) is 0 Å². The van der Waals surface area contributed by atoms with E-state index in [4.69, 9.17) is 0 Å². The quantitative estimate of drug-likeness (QED) is 0.865. The molecule has 4 nitrogen and oxygen atoms in total. The fourth-order valence-corrected chi connectivity index (χ4v) is 4.24. The Labute approximate surface area is 126 Å². The molecular formula is C15H26N2O2S. The van der Waals surface area contributed by atoms with Gasteiger partial charge in [0.05, 0.1) is 0 Å². The second-order valence-electron chi connectivity index (χ2n) is 5.96. The Morgan fingerprint density at radius 2 is 2.00 bits per heavy atom. The maximum absolute atomic E-state index is 13.0. The first-order valence-electron chi connectivity index (χ1n) is 7.74. The van der Waals surface area contributed by atoms with E-state index in [2.05, 4.69) is 18.5 Å². The Hall–Kier alpha value is -0.710. The number of hydrogen-bond donors (Lipinski definition) is 1. The molecule has 1 aliphatic carbocycles. The van der Waals surface area contributed by atoms with Crippen molar-refractivity contribution in [3.05, 3.63) is 0 Å². The first-order valence-corrected chi connectivity index (χ1v) is 9.13. The van der Waals surface area contributed by atoms with Gasteiger partial charge in [0.1, 0.15) is 5.54 Å². The van der Waals surface area contributed by atoms with Gasteiger partial charge in [-0.05, 0) is 25.5 Å². The molecule has 1 heterocycles. The number of carbonyl (C=O) groups excluding carboxylic acids is 2. The molecule has 0 aromatic rings. The summed E-state index contributed by atoms with van der Waals surface area (Å²) in [6.45, 7) is 2.70. The third-order valence-electron chi connectivity index (χ3n) is 4.61. The molecule has 2 rings (SSSR count). The van der Waals surface area contributed by atoms with Crippen LogP contribution in [-0.2, 0) is 9.59 Å². The van der Waals surface area contributed by atoms with Gasteiger partial charge in [0, 0.05) is 24.8 Å². The van der Waals surface area contributed by atoms with Gasteiger partial charge in [-0.15, -0.1) is 0 Å². The minimum absolute atomic E-state index is 0.0433. The lowest BCUT2D eigenvalue weighted by molar-refractivity contribution is -0.142. The molecule has 1 aliphatic heterocycles. The van der Waals surface area contributed by atoms with E-state index in [1.807, 2.05) is 4.90 Å². The Morgan fingerprint density at radius 3 is 2.60 bits per heavy atom. The zero-order valence-corrected chi connectivity index (χ0v) is 13.4. The molecular weight excluding hydrogens is 272 g/mol. The zero-order valence-electron chi connectivity index (χ0n) is 12.6. The summed E-state index contributed by atoms with van der Waals surface area (Å²) >= 11 is 1.77. The predicted octanol–water partition coefficient (Wildman–Crippen LogP) is 2.18. The molecule has 2 fully saturated rings. The molecule has 1 atom stereocenters. The molecule has 0 bridgehead atoms. The summed E-state index contributed by atoms with van der Waals surface area (Å²) in [5.41, 5.74) is -0.600. The van der Waals surface area contributed by atoms with E-state index in [0.29, 0.717) is 13.0 Å². The van der Waals surface area contributed by atoms with Gasteiger partial charge in [-0.2, -0.15) is 11.8 Å². The van der Waals surface area contributed by atoms with Crippen molar-refractivity contribution < 1.29 is 9.59 Å². The molecule has 1 saturated carbocycles. The number of nitrogens with one attached hydrogen (secondary N) is 1. The van der Waals surface area contributed by atoms with Crippen LogP contribution in [0, 0.1) is 0 Å². The van der Waals surface area contributed by atoms with Crippen LogP contribution in [0.4, 0.5) is 0 Å². The van der Waals surface area contributed by atoms with Crippen molar-refractivity contribution in [1.29, 1.82) is 0 Å². The minimum Gasteiger partial charge on any atom is -0.342 e. The molecule has 2 aliphatic rings. The molecule has 0 radical (unpaired) electrons. The van der Waals surface area contributed by atoms with Crippen LogP contribution < -0.4 is 5.32 Å². The highest BCUT2D eigenvalue weighted by molar-refractivity contribution is 7.98. The van der Waals surface area contributed by atoms with Crippen LogP contribution in [0.1, 0.15) is 51.9 Å². The number of amides is 2. The molecule has 5 heteroatoms. The minimum atomic E-state index is -0.600. The van der Waals surface area contributed by atoms with Crippen molar-refractivity contribution in [1.82, 2.24) is 10.2 Å². The van der Waals surface area contributed by atoms with Gasteiger partial charge in [0.2, 0.25) is 11.8 Å². The highest BCUT2D eigenvalue weighted by Gasteiger charge is 2.46. The van der Waals surface area contributed by atoms with Crippen molar-refractivity contribution in [3.8, 4) is 0 Å². The lowest BCUT2D eigenvalue weighted by Crippen LogP contribution is -2.59. The first-order chi connectivity index (χ1) is 9.63. The first kappa shape index (κ1) is 15.7. The fourth-order valence-electron chi connectivity index (χ4n) is 3.44. The smallest absolute Gasteiger partial charge is 0.248 e. The van der Waals surface area contributed by atoms with Gasteiger partial charge < -0.3 is 10.2 Å². The molecule has 1 spiro atoms. The molecule has 1 saturated heterocycles. The maximum Gasteiger partial charge on any atom is 0.248 e. The fraction of sp³-hybridized carbons (Fsp3) is 0.867. The average Bonchev–Trinajstić information content (AvgIpc) is 2.56. The number of nitrogens with zero attached hydrogens (tertiary/aromatic N) is 1. The zero-order chi connectivity index (χ0) is 14.6. The standard InChI is InChI=1S/C15H26N2O2S/c1-3-12(11-20-2)17-10-7-13(18)16-15(14(17)19)8-5-4-6-9-15/h12H,3-11H2,1-2H3,(H,16,18). The van der Waals surface area contributed by atoms with Crippen LogP contribution in [0.15, 0.2) is 0 Å². The summed E-state index contributed by atoms with van der Waals surface area (Å²) in [7, 11) is 0. The average molecular weight is 298 g/mol. The van der Waals surface area contributed by atoms with Crippen molar-refractivity contribution in [3.63, 3.8) is 0 Å². The van der Waals surface area contributed by atoms with E-state index in [-0.39, 0.29) is 17.9 Å². The van der Waals surface area contributed by atoms with Crippen LogP contribution >= 0.6 is 11.8 Å². The van der Waals surface area contributed by atoms with E-state index in [9.17, 15) is 9.59 Å². The summed E-state index contributed by atoms with van der Waals surface area (Å²) in [4.78, 5) is 27.1. The van der Waals surface area contributed by atoms with Crippen LogP contribution in [0.2, 0.25) is 0 Å². The molecule has 0 aromatic carbocycles. The number of thioether (sulfide) groups is 1. The van der Waals surface area contributed by atoms with E-state index in [1.54, 1.807) is 11.8 Å². The summed E-state index contributed by atoms with van der Waals surface area (Å²) in [5, 5.41) is 3.06. The SMILES string of the molecule is CCC(CSC)N1CCC(=O)NC2(CCCCC2)C1=O. The topological polar surface area (TPSA) is 49.4 Å². The van der Waals surface area contributed by atoms with E-state index in [0.717, 1.165) is 37.9 Å². The maximum atomic E-state index is 13.0. The monoisotopic (exact) mass is 298 g/mol. The summed E-state index contributed by atoms with van der Waals surface area (Å²) in [6.07, 6.45) is 8.35. The highest BCUT2D eigenvalue weighted by atomic mass is 32.2. The normalized spacial score (nSPS) is 24.4. The van der Waals surface area contributed by atoms with Gasteiger partial charge in [-0.25, -0.2) is 0 Å². The van der Waals surface area contributed by atoms with Gasteiger partial charge in [0.15, 0.2) is 0 Å². The van der Waals surface area contributed by atoms with Crippen LogP contribution in [0.3, 0.4) is 0 Å². The van der Waals surface area contributed by atoms with Gasteiger partial charge in [-0.1, -0.05) is 26.2 Å². The van der Waals surface area contributed by atoms with Crippen molar-refractivity contribution in [2.24, 2.45) is 0 Å². The highest BCUT2D eigenvalue weighted by Crippen LogP contribution is 2.32. The predicted molar refractivity (Wildman–Crippen MR) is 82.7 cm³/mol. The number of carbonyl (C=O) groups is 2. The molecule has 114 valence electrons. The third-order valence-corrected chi connectivity index (χ3v) is 5.32. The molecule has 1 N–H and O–H groups in total. The Morgan fingerprint density at radius 1 is 1.30 bits per heavy atom. The van der Waals surface area contributed by atoms with Crippen LogP contribution in [0.25, 0.3) is 0 Å². The van der Waals surface area contributed by atoms with Crippen molar-refractivity contribution in [2.75, 3.05) is 18.6 Å². The largest absolute Gasteiger partial charge is 0.342 e. The molecule has 20 heavy (non-hydrogen) atoms.